The summed E-state index contributed by atoms with van der Waals surface area (Å²) in [6.07, 6.45) is 1.96. The average molecular weight is 292 g/mol. The summed E-state index contributed by atoms with van der Waals surface area (Å²) >= 11 is 0. The molecule has 1 aliphatic carbocycles. The summed E-state index contributed by atoms with van der Waals surface area (Å²) in [4.78, 5) is 2.39. The van der Waals surface area contributed by atoms with Gasteiger partial charge >= 0.3 is 0 Å². The maximum absolute atomic E-state index is 9.99. The number of methoxy groups -OCH3 is 1. The second kappa shape index (κ2) is 7.25. The molecule has 0 bridgehead atoms. The molecule has 2 rings (SSSR count). The van der Waals surface area contributed by atoms with Crippen LogP contribution >= 0.6 is 0 Å². The minimum Gasteiger partial charge on any atom is -0.497 e. The first-order chi connectivity index (χ1) is 10.2. The summed E-state index contributed by atoms with van der Waals surface area (Å²) in [6, 6.07) is 6.20. The maximum Gasteiger partial charge on any atom is 0.119 e. The van der Waals surface area contributed by atoms with Crippen molar-refractivity contribution >= 4 is 0 Å². The molecule has 118 valence electrons. The highest BCUT2D eigenvalue weighted by Gasteiger charge is 2.38. The Morgan fingerprint density at radius 1 is 1.33 bits per heavy atom. The molecule has 0 aromatic heterocycles. The number of aryl methyl sites for hydroxylation is 1. The van der Waals surface area contributed by atoms with E-state index < -0.39 is 0 Å². The lowest BCUT2D eigenvalue weighted by molar-refractivity contribution is 0.154. The second-order valence-electron chi connectivity index (χ2n) is 5.72. The molecule has 1 aromatic rings. The van der Waals surface area contributed by atoms with Crippen molar-refractivity contribution in [2.45, 2.75) is 32.2 Å². The SMILES string of the molecule is CCN(CC)CCNC1(CO)CCc2ccc(OC)cc21. The van der Waals surface area contributed by atoms with Crippen LogP contribution in [0.15, 0.2) is 18.2 Å². The van der Waals surface area contributed by atoms with Crippen molar-refractivity contribution < 1.29 is 9.84 Å². The molecule has 0 saturated carbocycles. The highest BCUT2D eigenvalue weighted by Crippen LogP contribution is 2.38. The number of rotatable bonds is 8. The molecule has 0 fully saturated rings. The molecule has 1 aliphatic rings. The standard InChI is InChI=1S/C17H28N2O2/c1-4-19(5-2)11-10-18-17(13-20)9-8-14-6-7-15(21-3)12-16(14)17/h6-7,12,18,20H,4-5,8-11,13H2,1-3H3. The Labute approximate surface area is 128 Å². The molecule has 2 N–H and O–H groups in total. The average Bonchev–Trinajstić information content (AvgIpc) is 2.90. The van der Waals surface area contributed by atoms with Crippen LogP contribution in [-0.4, -0.2) is 49.9 Å². The molecular formula is C17H28N2O2. The molecule has 0 heterocycles. The first kappa shape index (κ1) is 16.3. The van der Waals surface area contributed by atoms with Gasteiger partial charge in [0.05, 0.1) is 19.3 Å². The summed E-state index contributed by atoms with van der Waals surface area (Å²) in [5.74, 6) is 0.860. The number of aliphatic hydroxyl groups is 1. The van der Waals surface area contributed by atoms with Crippen LogP contribution in [0.5, 0.6) is 5.75 Å². The topological polar surface area (TPSA) is 44.7 Å². The van der Waals surface area contributed by atoms with Crippen molar-refractivity contribution in [3.63, 3.8) is 0 Å². The predicted octanol–water partition coefficient (Wildman–Crippen LogP) is 1.76. The van der Waals surface area contributed by atoms with Gasteiger partial charge in [0.25, 0.3) is 0 Å². The number of hydrogen-bond donors (Lipinski definition) is 2. The molecule has 0 aliphatic heterocycles. The number of nitrogens with zero attached hydrogens (tertiary/aromatic N) is 1. The van der Waals surface area contributed by atoms with Gasteiger partial charge in [-0.2, -0.15) is 0 Å². The number of nitrogens with one attached hydrogen (secondary N) is 1. The van der Waals surface area contributed by atoms with Gasteiger partial charge in [0.2, 0.25) is 0 Å². The molecule has 0 radical (unpaired) electrons. The van der Waals surface area contributed by atoms with Crippen LogP contribution in [0.3, 0.4) is 0 Å². The third kappa shape index (κ3) is 3.39. The van der Waals surface area contributed by atoms with E-state index in [1.165, 1.54) is 11.1 Å². The lowest BCUT2D eigenvalue weighted by Gasteiger charge is -2.31. The Hall–Kier alpha value is -1.10. The fourth-order valence-electron chi connectivity index (χ4n) is 3.23. The van der Waals surface area contributed by atoms with Gasteiger partial charge < -0.3 is 20.1 Å². The largest absolute Gasteiger partial charge is 0.497 e. The summed E-state index contributed by atoms with van der Waals surface area (Å²) in [6.45, 7) is 8.52. The van der Waals surface area contributed by atoms with Gasteiger partial charge in [0, 0.05) is 13.1 Å². The Bertz CT molecular complexity index is 460. The predicted molar refractivity (Wildman–Crippen MR) is 85.9 cm³/mol. The van der Waals surface area contributed by atoms with E-state index in [4.69, 9.17) is 4.74 Å². The van der Waals surface area contributed by atoms with E-state index in [0.29, 0.717) is 0 Å². The monoisotopic (exact) mass is 292 g/mol. The normalized spacial score (nSPS) is 20.8. The zero-order valence-corrected chi connectivity index (χ0v) is 13.5. The third-order valence-corrected chi connectivity index (χ3v) is 4.71. The Morgan fingerprint density at radius 3 is 2.71 bits per heavy atom. The molecule has 1 aromatic carbocycles. The Kier molecular flexibility index (Phi) is 5.62. The van der Waals surface area contributed by atoms with E-state index in [-0.39, 0.29) is 12.1 Å². The fraction of sp³-hybridized carbons (Fsp3) is 0.647. The van der Waals surface area contributed by atoms with Crippen LogP contribution in [0.2, 0.25) is 0 Å². The van der Waals surface area contributed by atoms with Gasteiger partial charge in [-0.1, -0.05) is 19.9 Å². The number of ether oxygens (including phenoxy) is 1. The summed E-state index contributed by atoms with van der Waals surface area (Å²) in [7, 11) is 1.69. The van der Waals surface area contributed by atoms with Crippen molar-refractivity contribution in [3.8, 4) is 5.75 Å². The Balaban J connectivity index is 2.10. The zero-order chi connectivity index (χ0) is 15.3. The van der Waals surface area contributed by atoms with Crippen molar-refractivity contribution in [3.05, 3.63) is 29.3 Å². The van der Waals surface area contributed by atoms with Crippen molar-refractivity contribution in [1.29, 1.82) is 0 Å². The first-order valence-electron chi connectivity index (χ1n) is 7.94. The highest BCUT2D eigenvalue weighted by molar-refractivity contribution is 5.44. The van der Waals surface area contributed by atoms with E-state index in [0.717, 1.165) is 44.8 Å². The third-order valence-electron chi connectivity index (χ3n) is 4.71. The van der Waals surface area contributed by atoms with Crippen LogP contribution in [0.1, 0.15) is 31.4 Å². The molecule has 1 atom stereocenters. The van der Waals surface area contributed by atoms with E-state index in [9.17, 15) is 5.11 Å². The zero-order valence-electron chi connectivity index (χ0n) is 13.5. The maximum atomic E-state index is 9.99. The van der Waals surface area contributed by atoms with Gasteiger partial charge in [-0.05, 0) is 49.2 Å². The Morgan fingerprint density at radius 2 is 2.10 bits per heavy atom. The van der Waals surface area contributed by atoms with Crippen LogP contribution < -0.4 is 10.1 Å². The molecular weight excluding hydrogens is 264 g/mol. The van der Waals surface area contributed by atoms with Gasteiger partial charge in [0.1, 0.15) is 5.75 Å². The molecule has 1 unspecified atom stereocenters. The molecule has 0 amide bonds. The lowest BCUT2D eigenvalue weighted by Crippen LogP contribution is -2.47. The van der Waals surface area contributed by atoms with E-state index in [2.05, 4.69) is 36.2 Å². The first-order valence-corrected chi connectivity index (χ1v) is 7.94. The number of fused-ring (bicyclic) bond motifs is 1. The number of benzene rings is 1. The van der Waals surface area contributed by atoms with Gasteiger partial charge in [-0.15, -0.1) is 0 Å². The van der Waals surface area contributed by atoms with Crippen molar-refractivity contribution in [1.82, 2.24) is 10.2 Å². The molecule has 0 saturated heterocycles. The van der Waals surface area contributed by atoms with Crippen LogP contribution in [-0.2, 0) is 12.0 Å². The minimum atomic E-state index is -0.309. The number of likely N-dealkylation sites (N-methyl/N-ethyl adjacent to an activating group) is 1. The second-order valence-corrected chi connectivity index (χ2v) is 5.72. The van der Waals surface area contributed by atoms with Gasteiger partial charge in [-0.25, -0.2) is 0 Å². The van der Waals surface area contributed by atoms with Crippen LogP contribution in [0.4, 0.5) is 0 Å². The lowest BCUT2D eigenvalue weighted by atomic mass is 9.92. The summed E-state index contributed by atoms with van der Waals surface area (Å²) in [5.41, 5.74) is 2.21. The molecule has 4 nitrogen and oxygen atoms in total. The quantitative estimate of drug-likeness (QED) is 0.766. The van der Waals surface area contributed by atoms with E-state index in [1.807, 2.05) is 6.07 Å². The van der Waals surface area contributed by atoms with Crippen LogP contribution in [0, 0.1) is 0 Å². The fourth-order valence-corrected chi connectivity index (χ4v) is 3.23. The number of hydrogen-bond acceptors (Lipinski definition) is 4. The summed E-state index contributed by atoms with van der Waals surface area (Å²) < 4.78 is 5.34. The van der Waals surface area contributed by atoms with E-state index >= 15 is 0 Å². The van der Waals surface area contributed by atoms with Crippen LogP contribution in [0.25, 0.3) is 0 Å². The van der Waals surface area contributed by atoms with Crippen molar-refractivity contribution in [2.24, 2.45) is 0 Å². The van der Waals surface area contributed by atoms with Gasteiger partial charge in [0.15, 0.2) is 0 Å². The number of aliphatic hydroxyl groups excluding tert-OH is 1. The van der Waals surface area contributed by atoms with Gasteiger partial charge in [-0.3, -0.25) is 0 Å². The summed E-state index contributed by atoms with van der Waals surface area (Å²) in [5, 5.41) is 13.6. The molecule has 4 heteroatoms. The molecule has 0 spiro atoms. The molecule has 21 heavy (non-hydrogen) atoms. The smallest absolute Gasteiger partial charge is 0.119 e. The van der Waals surface area contributed by atoms with Crippen molar-refractivity contribution in [2.75, 3.05) is 39.9 Å². The highest BCUT2D eigenvalue weighted by atomic mass is 16.5. The van der Waals surface area contributed by atoms with E-state index in [1.54, 1.807) is 7.11 Å². The minimum absolute atomic E-state index is 0.130.